The van der Waals surface area contributed by atoms with Crippen molar-refractivity contribution in [3.63, 3.8) is 0 Å². The van der Waals surface area contributed by atoms with Gasteiger partial charge in [0.25, 0.3) is 12.0 Å². The number of fused-ring (bicyclic) bond motifs is 1. The number of nitrogens with zero attached hydrogens (tertiary/aromatic N) is 2. The summed E-state index contributed by atoms with van der Waals surface area (Å²) in [7, 11) is 0. The van der Waals surface area contributed by atoms with E-state index in [0.29, 0.717) is 10.6 Å². The average molecular weight is 267 g/mol. The SMILES string of the molecule is O=c1cc(C(F)F)cc2nc(CC(F)(F)F)[nH]n12. The highest BCUT2D eigenvalue weighted by Crippen LogP contribution is 2.21. The van der Waals surface area contributed by atoms with Crippen molar-refractivity contribution in [2.75, 3.05) is 0 Å². The molecule has 0 aliphatic carbocycles. The van der Waals surface area contributed by atoms with Gasteiger partial charge in [-0.05, 0) is 6.07 Å². The van der Waals surface area contributed by atoms with E-state index < -0.39 is 36.0 Å². The molecule has 9 heteroatoms. The minimum atomic E-state index is -4.50. The van der Waals surface area contributed by atoms with Crippen molar-refractivity contribution >= 4 is 5.65 Å². The third-order valence-corrected chi connectivity index (χ3v) is 2.15. The fourth-order valence-corrected chi connectivity index (χ4v) is 1.46. The number of nitrogens with one attached hydrogen (secondary N) is 1. The molecule has 2 aromatic heterocycles. The molecule has 0 radical (unpaired) electrons. The first kappa shape index (κ1) is 12.5. The predicted octanol–water partition coefficient (Wildman–Crippen LogP) is 2.06. The van der Waals surface area contributed by atoms with Crippen LogP contribution >= 0.6 is 0 Å². The first-order chi connectivity index (χ1) is 8.26. The Morgan fingerprint density at radius 2 is 2.00 bits per heavy atom. The number of alkyl halides is 5. The molecule has 0 unspecified atom stereocenters. The van der Waals surface area contributed by atoms with Gasteiger partial charge in [-0.15, -0.1) is 0 Å². The molecule has 4 nitrogen and oxygen atoms in total. The lowest BCUT2D eigenvalue weighted by molar-refractivity contribution is -0.128. The fourth-order valence-electron chi connectivity index (χ4n) is 1.46. The van der Waals surface area contributed by atoms with Crippen LogP contribution in [0.5, 0.6) is 0 Å². The molecule has 0 amide bonds. The van der Waals surface area contributed by atoms with E-state index in [4.69, 9.17) is 0 Å². The quantitative estimate of drug-likeness (QED) is 0.847. The summed E-state index contributed by atoms with van der Waals surface area (Å²) < 4.78 is 61.8. The third-order valence-electron chi connectivity index (χ3n) is 2.15. The van der Waals surface area contributed by atoms with Crippen LogP contribution in [-0.4, -0.2) is 20.8 Å². The molecule has 2 rings (SSSR count). The van der Waals surface area contributed by atoms with Crippen LogP contribution in [0.1, 0.15) is 17.8 Å². The highest BCUT2D eigenvalue weighted by molar-refractivity contribution is 5.41. The number of hydrogen-bond donors (Lipinski definition) is 1. The second kappa shape index (κ2) is 4.07. The lowest BCUT2D eigenvalue weighted by Crippen LogP contribution is -2.15. The van der Waals surface area contributed by atoms with Crippen molar-refractivity contribution in [2.45, 2.75) is 19.0 Å². The summed E-state index contributed by atoms with van der Waals surface area (Å²) >= 11 is 0. The van der Waals surface area contributed by atoms with Crippen LogP contribution in [0.2, 0.25) is 0 Å². The predicted molar refractivity (Wildman–Crippen MR) is 50.5 cm³/mol. The summed E-state index contributed by atoms with van der Waals surface area (Å²) in [6.07, 6.45) is -8.74. The summed E-state index contributed by atoms with van der Waals surface area (Å²) in [5.74, 6) is -0.508. The van der Waals surface area contributed by atoms with Crippen molar-refractivity contribution in [1.29, 1.82) is 0 Å². The van der Waals surface area contributed by atoms with Crippen molar-refractivity contribution < 1.29 is 22.0 Å². The number of hydrogen-bond acceptors (Lipinski definition) is 2. The summed E-state index contributed by atoms with van der Waals surface area (Å²) in [4.78, 5) is 14.8. The molecule has 2 heterocycles. The van der Waals surface area contributed by atoms with Crippen molar-refractivity contribution in [3.05, 3.63) is 33.9 Å². The van der Waals surface area contributed by atoms with Crippen molar-refractivity contribution in [2.24, 2.45) is 0 Å². The van der Waals surface area contributed by atoms with Crippen molar-refractivity contribution in [1.82, 2.24) is 14.6 Å². The van der Waals surface area contributed by atoms with Gasteiger partial charge in [-0.2, -0.15) is 13.2 Å². The highest BCUT2D eigenvalue weighted by atomic mass is 19.4. The van der Waals surface area contributed by atoms with Gasteiger partial charge in [-0.3, -0.25) is 9.89 Å². The highest BCUT2D eigenvalue weighted by Gasteiger charge is 2.29. The molecular weight excluding hydrogens is 261 g/mol. The maximum Gasteiger partial charge on any atom is 0.396 e. The molecule has 2 aromatic rings. The summed E-state index contributed by atoms with van der Waals surface area (Å²) in [6.45, 7) is 0. The number of pyridine rings is 1. The molecular formula is C9H6F5N3O. The van der Waals surface area contributed by atoms with Gasteiger partial charge < -0.3 is 0 Å². The van der Waals surface area contributed by atoms with Gasteiger partial charge in [-0.25, -0.2) is 18.3 Å². The van der Waals surface area contributed by atoms with Crippen LogP contribution < -0.4 is 5.56 Å². The summed E-state index contributed by atoms with van der Waals surface area (Å²) in [6, 6.07) is 1.51. The Hall–Kier alpha value is -1.93. The Morgan fingerprint density at radius 1 is 1.33 bits per heavy atom. The van der Waals surface area contributed by atoms with E-state index in [1.54, 1.807) is 0 Å². The monoisotopic (exact) mass is 267 g/mol. The van der Waals surface area contributed by atoms with Gasteiger partial charge >= 0.3 is 6.18 Å². The van der Waals surface area contributed by atoms with Crippen LogP contribution in [0.4, 0.5) is 22.0 Å². The van der Waals surface area contributed by atoms with Gasteiger partial charge in [0, 0.05) is 11.6 Å². The Morgan fingerprint density at radius 3 is 2.56 bits per heavy atom. The zero-order valence-corrected chi connectivity index (χ0v) is 8.63. The molecule has 0 atom stereocenters. The summed E-state index contributed by atoms with van der Waals surface area (Å²) in [5, 5.41) is 2.11. The number of H-pyrrole nitrogens is 1. The van der Waals surface area contributed by atoms with Crippen LogP contribution in [0.15, 0.2) is 16.9 Å². The maximum absolute atomic E-state index is 12.4. The minimum absolute atomic E-state index is 0.267. The molecule has 0 aliphatic rings. The normalized spacial score (nSPS) is 12.6. The van der Waals surface area contributed by atoms with Crippen molar-refractivity contribution in [3.8, 4) is 0 Å². The zero-order chi connectivity index (χ0) is 13.5. The molecule has 0 bridgehead atoms. The minimum Gasteiger partial charge on any atom is -0.276 e. The Balaban J connectivity index is 2.51. The smallest absolute Gasteiger partial charge is 0.276 e. The van der Waals surface area contributed by atoms with Gasteiger partial charge in [-0.1, -0.05) is 0 Å². The van der Waals surface area contributed by atoms with Crippen LogP contribution in [-0.2, 0) is 6.42 Å². The second-order valence-electron chi connectivity index (χ2n) is 3.58. The molecule has 0 aliphatic heterocycles. The number of halogens is 5. The maximum atomic E-state index is 12.4. The summed E-state index contributed by atoms with van der Waals surface area (Å²) in [5.41, 5.74) is -1.73. The first-order valence-electron chi connectivity index (χ1n) is 4.73. The fraction of sp³-hybridized carbons (Fsp3) is 0.333. The topological polar surface area (TPSA) is 50.2 Å². The van der Waals surface area contributed by atoms with Crippen LogP contribution in [0.3, 0.4) is 0 Å². The van der Waals surface area contributed by atoms with Gasteiger partial charge in [0.15, 0.2) is 5.65 Å². The van der Waals surface area contributed by atoms with E-state index in [1.807, 2.05) is 0 Å². The molecule has 98 valence electrons. The number of aromatic nitrogens is 3. The van der Waals surface area contributed by atoms with Gasteiger partial charge in [0.1, 0.15) is 12.2 Å². The standard InChI is InChI=1S/C9H6F5N3O/c10-8(11)4-1-6-15-5(3-9(12,13)14)16-17(6)7(18)2-4/h1-2,8H,3H2,(H,15,16). The van der Waals surface area contributed by atoms with E-state index >= 15 is 0 Å². The molecule has 0 saturated heterocycles. The molecule has 1 N–H and O–H groups in total. The molecule has 0 fully saturated rings. The van der Waals surface area contributed by atoms with E-state index in [2.05, 4.69) is 10.1 Å². The number of rotatable bonds is 2. The molecule has 0 aromatic carbocycles. The van der Waals surface area contributed by atoms with Gasteiger partial charge in [0.2, 0.25) is 0 Å². The first-order valence-corrected chi connectivity index (χ1v) is 4.73. The Bertz CT molecular complexity index is 627. The average Bonchev–Trinajstić information content (AvgIpc) is 2.57. The third kappa shape index (κ3) is 2.49. The molecule has 0 saturated carbocycles. The van der Waals surface area contributed by atoms with Gasteiger partial charge in [0.05, 0.1) is 0 Å². The Kier molecular flexibility index (Phi) is 2.83. The number of aromatic amines is 1. The van der Waals surface area contributed by atoms with Crippen LogP contribution in [0.25, 0.3) is 5.65 Å². The van der Waals surface area contributed by atoms with E-state index in [9.17, 15) is 26.7 Å². The largest absolute Gasteiger partial charge is 0.396 e. The lowest BCUT2D eigenvalue weighted by atomic mass is 10.3. The second-order valence-corrected chi connectivity index (χ2v) is 3.58. The van der Waals surface area contributed by atoms with E-state index in [0.717, 1.165) is 6.07 Å². The van der Waals surface area contributed by atoms with E-state index in [-0.39, 0.29) is 5.65 Å². The van der Waals surface area contributed by atoms with Crippen LogP contribution in [0, 0.1) is 0 Å². The molecule has 0 spiro atoms. The zero-order valence-electron chi connectivity index (χ0n) is 8.63. The van der Waals surface area contributed by atoms with E-state index in [1.165, 1.54) is 0 Å². The molecule has 18 heavy (non-hydrogen) atoms. The Labute approximate surface area is 96.0 Å². The lowest BCUT2D eigenvalue weighted by Gasteiger charge is -2.01.